The van der Waals surface area contributed by atoms with Gasteiger partial charge in [0.05, 0.1) is 0 Å². The van der Waals surface area contributed by atoms with E-state index in [0.29, 0.717) is 8.81 Å². The van der Waals surface area contributed by atoms with Crippen molar-refractivity contribution in [1.82, 2.24) is 4.90 Å². The standard InChI is InChI=1S/C11H10BrClF3NO2S/c12-7-3-6(20-8(7)13)4-17-2-1-10(5-17,9(18)19)11(14,15)16/h3H,1-2,4-5H2,(H,18,19). The monoisotopic (exact) mass is 391 g/mol. The number of likely N-dealkylation sites (tertiary alicyclic amines) is 1. The van der Waals surface area contributed by atoms with Gasteiger partial charge in [-0.15, -0.1) is 11.3 Å². The lowest BCUT2D eigenvalue weighted by molar-refractivity contribution is -0.227. The molecule has 1 fully saturated rings. The highest BCUT2D eigenvalue weighted by Gasteiger charge is 2.63. The lowest BCUT2D eigenvalue weighted by atomic mass is 9.86. The van der Waals surface area contributed by atoms with E-state index in [2.05, 4.69) is 15.9 Å². The van der Waals surface area contributed by atoms with Crippen molar-refractivity contribution < 1.29 is 23.1 Å². The molecule has 1 aromatic rings. The summed E-state index contributed by atoms with van der Waals surface area (Å²) in [5.74, 6) is -1.81. The van der Waals surface area contributed by atoms with Gasteiger partial charge in [-0.3, -0.25) is 9.69 Å². The highest BCUT2D eigenvalue weighted by Crippen LogP contribution is 2.46. The third-order valence-electron chi connectivity index (χ3n) is 3.38. The normalized spacial score (nSPS) is 24.2. The van der Waals surface area contributed by atoms with Gasteiger partial charge in [0.2, 0.25) is 0 Å². The molecule has 0 saturated carbocycles. The van der Waals surface area contributed by atoms with Gasteiger partial charge >= 0.3 is 12.1 Å². The number of hydrogen-bond donors (Lipinski definition) is 1. The second-order valence-corrected chi connectivity index (χ2v) is 7.27. The largest absolute Gasteiger partial charge is 0.481 e. The summed E-state index contributed by atoms with van der Waals surface area (Å²) in [6.07, 6.45) is -5.17. The molecule has 9 heteroatoms. The first-order valence-corrected chi connectivity index (χ1v) is 7.61. The van der Waals surface area contributed by atoms with Crippen molar-refractivity contribution in [3.8, 4) is 0 Å². The van der Waals surface area contributed by atoms with Gasteiger partial charge in [0.1, 0.15) is 4.34 Å². The van der Waals surface area contributed by atoms with E-state index in [0.717, 1.165) is 4.88 Å². The molecule has 3 nitrogen and oxygen atoms in total. The molecule has 0 radical (unpaired) electrons. The fourth-order valence-corrected chi connectivity index (χ4v) is 4.07. The van der Waals surface area contributed by atoms with E-state index in [9.17, 15) is 18.0 Å². The Labute approximate surface area is 130 Å². The lowest BCUT2D eigenvalue weighted by Crippen LogP contribution is -2.47. The van der Waals surface area contributed by atoms with Gasteiger partial charge in [0.25, 0.3) is 0 Å². The molecule has 1 aliphatic rings. The average Bonchev–Trinajstić information content (AvgIpc) is 2.84. The first kappa shape index (κ1) is 16.1. The van der Waals surface area contributed by atoms with Gasteiger partial charge < -0.3 is 5.11 Å². The maximum Gasteiger partial charge on any atom is 0.406 e. The van der Waals surface area contributed by atoms with Crippen molar-refractivity contribution in [2.24, 2.45) is 5.41 Å². The molecule has 0 bridgehead atoms. The maximum atomic E-state index is 13.0. The predicted molar refractivity (Wildman–Crippen MR) is 73.0 cm³/mol. The fraction of sp³-hybridized carbons (Fsp3) is 0.545. The first-order chi connectivity index (χ1) is 9.15. The molecule has 1 N–H and O–H groups in total. The highest BCUT2D eigenvalue weighted by molar-refractivity contribution is 9.10. The number of carboxylic acids is 1. The van der Waals surface area contributed by atoms with Crippen molar-refractivity contribution in [3.63, 3.8) is 0 Å². The van der Waals surface area contributed by atoms with Crippen LogP contribution in [0.3, 0.4) is 0 Å². The maximum absolute atomic E-state index is 13.0. The summed E-state index contributed by atoms with van der Waals surface area (Å²) >= 11 is 10.4. The van der Waals surface area contributed by atoms with Crippen LogP contribution < -0.4 is 0 Å². The van der Waals surface area contributed by atoms with Gasteiger partial charge in [-0.2, -0.15) is 13.2 Å². The molecule has 2 rings (SSSR count). The van der Waals surface area contributed by atoms with Gasteiger partial charge in [-0.25, -0.2) is 0 Å². The second-order valence-electron chi connectivity index (χ2n) is 4.68. The molecule has 1 saturated heterocycles. The number of carboxylic acid groups (broad SMARTS) is 1. The van der Waals surface area contributed by atoms with Crippen LogP contribution in [0.5, 0.6) is 0 Å². The van der Waals surface area contributed by atoms with Crippen LogP contribution in [0.25, 0.3) is 0 Å². The number of alkyl halides is 3. The van der Waals surface area contributed by atoms with E-state index in [-0.39, 0.29) is 13.1 Å². The van der Waals surface area contributed by atoms with Crippen molar-refractivity contribution in [2.45, 2.75) is 19.1 Å². The molecule has 0 spiro atoms. The Morgan fingerprint density at radius 1 is 1.60 bits per heavy atom. The van der Waals surface area contributed by atoms with E-state index in [4.69, 9.17) is 16.7 Å². The number of thiophene rings is 1. The molecule has 1 atom stereocenters. The molecule has 1 aliphatic heterocycles. The SMILES string of the molecule is O=C(O)C1(C(F)(F)F)CCN(Cc2cc(Br)c(Cl)s2)C1. The molecule has 112 valence electrons. The molecule has 1 unspecified atom stereocenters. The molecule has 0 aromatic carbocycles. The zero-order chi connectivity index (χ0) is 15.1. The molecule has 20 heavy (non-hydrogen) atoms. The lowest BCUT2D eigenvalue weighted by Gasteiger charge is -2.27. The Bertz CT molecular complexity index is 517. The topological polar surface area (TPSA) is 40.5 Å². The van der Waals surface area contributed by atoms with Crippen LogP contribution in [-0.4, -0.2) is 35.2 Å². The van der Waals surface area contributed by atoms with Crippen molar-refractivity contribution in [1.29, 1.82) is 0 Å². The summed E-state index contributed by atoms with van der Waals surface area (Å²) in [5.41, 5.74) is -2.66. The second kappa shape index (κ2) is 5.47. The smallest absolute Gasteiger partial charge is 0.406 e. The van der Waals surface area contributed by atoms with Crippen molar-refractivity contribution in [3.05, 3.63) is 19.8 Å². The Kier molecular flexibility index (Phi) is 4.40. The van der Waals surface area contributed by atoms with Gasteiger partial charge in [0.15, 0.2) is 5.41 Å². The minimum Gasteiger partial charge on any atom is -0.481 e. The highest BCUT2D eigenvalue weighted by atomic mass is 79.9. The number of carbonyl (C=O) groups is 1. The molecular weight excluding hydrogens is 383 g/mol. The van der Waals surface area contributed by atoms with Crippen LogP contribution in [-0.2, 0) is 11.3 Å². The van der Waals surface area contributed by atoms with Gasteiger partial charge in [0, 0.05) is 29.0 Å². The summed E-state index contributed by atoms with van der Waals surface area (Å²) in [7, 11) is 0. The van der Waals surface area contributed by atoms with Crippen molar-refractivity contribution >= 4 is 44.8 Å². The number of hydrogen-bond acceptors (Lipinski definition) is 3. The van der Waals surface area contributed by atoms with Gasteiger partial charge in [-0.1, -0.05) is 11.6 Å². The zero-order valence-electron chi connectivity index (χ0n) is 10.0. The van der Waals surface area contributed by atoms with Crippen LogP contribution >= 0.6 is 38.9 Å². The third-order valence-corrected chi connectivity index (χ3v) is 5.84. The molecule has 2 heterocycles. The van der Waals surface area contributed by atoms with E-state index >= 15 is 0 Å². The number of rotatable bonds is 3. The van der Waals surface area contributed by atoms with Gasteiger partial charge in [-0.05, 0) is 28.4 Å². The summed E-state index contributed by atoms with van der Waals surface area (Å²) in [6.45, 7) is -0.168. The Hall–Kier alpha value is -0.310. The summed E-state index contributed by atoms with van der Waals surface area (Å²) < 4.78 is 40.3. The van der Waals surface area contributed by atoms with Crippen molar-refractivity contribution in [2.75, 3.05) is 13.1 Å². The van der Waals surface area contributed by atoms with E-state index < -0.39 is 30.5 Å². The third kappa shape index (κ3) is 2.84. The number of nitrogens with zero attached hydrogens (tertiary/aromatic N) is 1. The van der Waals surface area contributed by atoms with E-state index in [1.54, 1.807) is 6.07 Å². The van der Waals surface area contributed by atoms with Crippen LogP contribution in [0.15, 0.2) is 10.5 Å². The first-order valence-electron chi connectivity index (χ1n) is 5.62. The average molecular weight is 393 g/mol. The number of aliphatic carboxylic acids is 1. The summed E-state index contributed by atoms with van der Waals surface area (Å²) in [4.78, 5) is 13.3. The summed E-state index contributed by atoms with van der Waals surface area (Å²) in [6, 6.07) is 1.74. The Morgan fingerprint density at radius 3 is 2.65 bits per heavy atom. The van der Waals surface area contributed by atoms with Crippen LogP contribution in [0, 0.1) is 5.41 Å². The Morgan fingerprint density at radius 2 is 2.25 bits per heavy atom. The predicted octanol–water partition coefficient (Wildman–Crippen LogP) is 4.00. The van der Waals surface area contributed by atoms with Crippen LogP contribution in [0.2, 0.25) is 4.34 Å². The van der Waals surface area contributed by atoms with Crippen LogP contribution in [0.4, 0.5) is 13.2 Å². The molecule has 0 amide bonds. The summed E-state index contributed by atoms with van der Waals surface area (Å²) in [5, 5.41) is 8.96. The Balaban J connectivity index is 2.13. The minimum atomic E-state index is -4.75. The fourth-order valence-electron chi connectivity index (χ4n) is 2.24. The van der Waals surface area contributed by atoms with Crippen LogP contribution in [0.1, 0.15) is 11.3 Å². The molecule has 0 aliphatic carbocycles. The van der Waals surface area contributed by atoms with E-state index in [1.165, 1.54) is 16.2 Å². The molecule has 1 aromatic heterocycles. The number of halogens is 5. The molecular formula is C11H10BrClF3NO2S. The zero-order valence-corrected chi connectivity index (χ0v) is 13.2. The minimum absolute atomic E-state index is 0.0962. The van der Waals surface area contributed by atoms with E-state index in [1.807, 2.05) is 0 Å². The quantitative estimate of drug-likeness (QED) is 0.845.